The Kier molecular flexibility index (Phi) is 4.84. The van der Waals surface area contributed by atoms with Crippen LogP contribution in [0, 0.1) is 15.9 Å². The summed E-state index contributed by atoms with van der Waals surface area (Å²) >= 11 is 0. The zero-order valence-electron chi connectivity index (χ0n) is 11.5. The van der Waals surface area contributed by atoms with Crippen LogP contribution in [-0.4, -0.2) is 11.5 Å². The minimum Gasteiger partial charge on any atom is -0.457 e. The molecule has 21 heavy (non-hydrogen) atoms. The van der Waals surface area contributed by atoms with Gasteiger partial charge in [-0.25, -0.2) is 0 Å². The Hall–Kier alpha value is -2.47. The third kappa shape index (κ3) is 3.76. The van der Waals surface area contributed by atoms with E-state index in [2.05, 4.69) is 5.32 Å². The highest BCUT2D eigenvalue weighted by molar-refractivity contribution is 5.42. The van der Waals surface area contributed by atoms with Gasteiger partial charge in [0.2, 0.25) is 5.82 Å². The highest BCUT2D eigenvalue weighted by atomic mass is 19.1. The van der Waals surface area contributed by atoms with Gasteiger partial charge < -0.3 is 10.1 Å². The number of hydrogen-bond acceptors (Lipinski definition) is 4. The maximum atomic E-state index is 13.6. The van der Waals surface area contributed by atoms with Gasteiger partial charge in [-0.3, -0.25) is 10.1 Å². The Labute approximate surface area is 121 Å². The molecule has 0 bridgehead atoms. The molecule has 0 aliphatic rings. The molecule has 0 atom stereocenters. The van der Waals surface area contributed by atoms with Crippen LogP contribution in [0.25, 0.3) is 0 Å². The van der Waals surface area contributed by atoms with E-state index in [-0.39, 0.29) is 5.75 Å². The fourth-order valence-corrected chi connectivity index (χ4v) is 1.84. The quantitative estimate of drug-likeness (QED) is 0.651. The topological polar surface area (TPSA) is 64.4 Å². The van der Waals surface area contributed by atoms with Crippen LogP contribution in [0.4, 0.5) is 10.1 Å². The van der Waals surface area contributed by atoms with E-state index in [1.807, 2.05) is 25.1 Å². The van der Waals surface area contributed by atoms with Crippen LogP contribution in [0.1, 0.15) is 12.5 Å². The molecule has 0 fully saturated rings. The molecule has 0 amide bonds. The lowest BCUT2D eigenvalue weighted by Gasteiger charge is -2.11. The van der Waals surface area contributed by atoms with Gasteiger partial charge >= 0.3 is 5.69 Å². The number of halogens is 1. The average Bonchev–Trinajstić information content (AvgIpc) is 2.46. The van der Waals surface area contributed by atoms with Gasteiger partial charge in [-0.05, 0) is 18.7 Å². The molecule has 0 aromatic heterocycles. The maximum Gasteiger partial charge on any atom is 0.305 e. The third-order valence-corrected chi connectivity index (χ3v) is 2.88. The second-order valence-electron chi connectivity index (χ2n) is 4.36. The van der Waals surface area contributed by atoms with E-state index < -0.39 is 16.4 Å². The van der Waals surface area contributed by atoms with Crippen molar-refractivity contribution in [1.29, 1.82) is 0 Å². The van der Waals surface area contributed by atoms with Gasteiger partial charge in [0.1, 0.15) is 11.5 Å². The molecule has 0 saturated heterocycles. The molecule has 0 saturated carbocycles. The summed E-state index contributed by atoms with van der Waals surface area (Å²) in [6, 6.07) is 10.9. The van der Waals surface area contributed by atoms with Gasteiger partial charge in [-0.15, -0.1) is 0 Å². The molecule has 0 aliphatic heterocycles. The van der Waals surface area contributed by atoms with Gasteiger partial charge in [0.05, 0.1) is 4.92 Å². The maximum absolute atomic E-state index is 13.6. The Morgan fingerprint density at radius 3 is 2.71 bits per heavy atom. The molecule has 0 heterocycles. The molecule has 0 radical (unpaired) electrons. The van der Waals surface area contributed by atoms with Gasteiger partial charge in [0.15, 0.2) is 0 Å². The number of hydrogen-bond donors (Lipinski definition) is 1. The van der Waals surface area contributed by atoms with Crippen LogP contribution in [0.5, 0.6) is 11.5 Å². The number of rotatable bonds is 6. The summed E-state index contributed by atoms with van der Waals surface area (Å²) in [6.07, 6.45) is 0. The Morgan fingerprint density at radius 2 is 2.05 bits per heavy atom. The van der Waals surface area contributed by atoms with Crippen LogP contribution < -0.4 is 10.1 Å². The summed E-state index contributed by atoms with van der Waals surface area (Å²) in [5.41, 5.74) is 0.362. The van der Waals surface area contributed by atoms with Crippen LogP contribution in [0.3, 0.4) is 0 Å². The second kappa shape index (κ2) is 6.81. The van der Waals surface area contributed by atoms with Crippen molar-refractivity contribution in [2.24, 2.45) is 0 Å². The number of benzene rings is 2. The molecule has 5 nitrogen and oxygen atoms in total. The summed E-state index contributed by atoms with van der Waals surface area (Å²) < 4.78 is 19.2. The Balaban J connectivity index is 2.22. The molecule has 2 rings (SSSR count). The van der Waals surface area contributed by atoms with E-state index >= 15 is 0 Å². The lowest BCUT2D eigenvalue weighted by molar-refractivity contribution is -0.387. The number of nitrogens with zero attached hydrogens (tertiary/aromatic N) is 1. The second-order valence-corrected chi connectivity index (χ2v) is 4.36. The van der Waals surface area contributed by atoms with Crippen LogP contribution in [-0.2, 0) is 6.54 Å². The number of nitro groups is 1. The van der Waals surface area contributed by atoms with Crippen molar-refractivity contribution in [3.63, 3.8) is 0 Å². The van der Waals surface area contributed by atoms with Crippen molar-refractivity contribution in [3.05, 3.63) is 64.0 Å². The zero-order valence-corrected chi connectivity index (χ0v) is 11.5. The smallest absolute Gasteiger partial charge is 0.305 e. The highest BCUT2D eigenvalue weighted by Gasteiger charge is 2.15. The van der Waals surface area contributed by atoms with Crippen molar-refractivity contribution in [2.75, 3.05) is 6.54 Å². The summed E-state index contributed by atoms with van der Waals surface area (Å²) in [5, 5.41) is 13.8. The fraction of sp³-hybridized carbons (Fsp3) is 0.200. The van der Waals surface area contributed by atoms with E-state index in [4.69, 9.17) is 4.74 Å². The predicted octanol–water partition coefficient (Wildman–Crippen LogP) is 3.64. The molecule has 6 heteroatoms. The first-order chi connectivity index (χ1) is 10.1. The van der Waals surface area contributed by atoms with Gasteiger partial charge in [0.25, 0.3) is 0 Å². The molecule has 0 aliphatic carbocycles. The van der Waals surface area contributed by atoms with Gasteiger partial charge in [-0.2, -0.15) is 4.39 Å². The first-order valence-corrected chi connectivity index (χ1v) is 6.52. The lowest BCUT2D eigenvalue weighted by atomic mass is 10.2. The van der Waals surface area contributed by atoms with E-state index in [1.54, 1.807) is 6.07 Å². The van der Waals surface area contributed by atoms with E-state index in [9.17, 15) is 14.5 Å². The summed E-state index contributed by atoms with van der Waals surface area (Å²) in [7, 11) is 0. The van der Waals surface area contributed by atoms with Crippen molar-refractivity contribution in [2.45, 2.75) is 13.5 Å². The Bertz CT molecular complexity index is 647. The average molecular weight is 290 g/mol. The van der Waals surface area contributed by atoms with Crippen LogP contribution in [0.2, 0.25) is 0 Å². The van der Waals surface area contributed by atoms with Crippen molar-refractivity contribution in [1.82, 2.24) is 5.32 Å². The highest BCUT2D eigenvalue weighted by Crippen LogP contribution is 2.28. The van der Waals surface area contributed by atoms with E-state index in [0.717, 1.165) is 24.2 Å². The zero-order chi connectivity index (χ0) is 15.2. The minimum atomic E-state index is -0.915. The number of para-hydroxylation sites is 1. The largest absolute Gasteiger partial charge is 0.457 e. The minimum absolute atomic E-state index is 0.224. The molecule has 2 aromatic carbocycles. The first kappa shape index (κ1) is 14.9. The van der Waals surface area contributed by atoms with Crippen molar-refractivity contribution < 1.29 is 14.1 Å². The molecular weight excluding hydrogens is 275 g/mol. The molecule has 1 N–H and O–H groups in total. The Morgan fingerprint density at radius 1 is 1.29 bits per heavy atom. The first-order valence-electron chi connectivity index (χ1n) is 6.52. The summed E-state index contributed by atoms with van der Waals surface area (Å²) in [6.45, 7) is 3.44. The van der Waals surface area contributed by atoms with Gasteiger partial charge in [0, 0.05) is 24.2 Å². The normalized spacial score (nSPS) is 10.4. The SMILES string of the molecule is CCNCc1ccccc1Oc1ccc([N+](=O)[O-])c(F)c1. The van der Waals surface area contributed by atoms with Crippen LogP contribution in [0.15, 0.2) is 42.5 Å². The number of ether oxygens (including phenoxy) is 1. The third-order valence-electron chi connectivity index (χ3n) is 2.88. The van der Waals surface area contributed by atoms with Crippen molar-refractivity contribution >= 4 is 5.69 Å². The monoisotopic (exact) mass is 290 g/mol. The lowest BCUT2D eigenvalue weighted by Crippen LogP contribution is -2.12. The van der Waals surface area contributed by atoms with E-state index in [0.29, 0.717) is 12.3 Å². The van der Waals surface area contributed by atoms with Gasteiger partial charge in [-0.1, -0.05) is 25.1 Å². The van der Waals surface area contributed by atoms with E-state index in [1.165, 1.54) is 6.07 Å². The fourth-order valence-electron chi connectivity index (χ4n) is 1.84. The van der Waals surface area contributed by atoms with Crippen LogP contribution >= 0.6 is 0 Å². The standard InChI is InChI=1S/C15H15FN2O3/c1-2-17-10-11-5-3-4-6-15(11)21-12-7-8-14(18(19)20)13(16)9-12/h3-9,17H,2,10H2,1H3. The number of nitro benzene ring substituents is 1. The summed E-state index contributed by atoms with van der Waals surface area (Å²) in [4.78, 5) is 9.81. The molecular formula is C15H15FN2O3. The molecule has 2 aromatic rings. The van der Waals surface area contributed by atoms with Crippen molar-refractivity contribution in [3.8, 4) is 11.5 Å². The molecule has 110 valence electrons. The predicted molar refractivity (Wildman–Crippen MR) is 77.0 cm³/mol. The molecule has 0 unspecified atom stereocenters. The number of nitrogens with one attached hydrogen (secondary N) is 1. The molecule has 0 spiro atoms. The summed E-state index contributed by atoms with van der Waals surface area (Å²) in [5.74, 6) is -0.101.